The number of carbonyl (C=O) groups excluding carboxylic acids is 1. The van der Waals surface area contributed by atoms with Gasteiger partial charge in [0.25, 0.3) is 0 Å². The van der Waals surface area contributed by atoms with E-state index < -0.39 is 5.69 Å². The first-order valence-corrected chi connectivity index (χ1v) is 11.9. The zero-order valence-corrected chi connectivity index (χ0v) is 19.5. The number of rotatable bonds is 9. The molecule has 4 rings (SSSR count). The van der Waals surface area contributed by atoms with E-state index in [1.165, 1.54) is 25.9 Å². The van der Waals surface area contributed by atoms with Gasteiger partial charge in [-0.05, 0) is 87.6 Å². The van der Waals surface area contributed by atoms with E-state index in [9.17, 15) is 14.7 Å². The standard InChI is InChI=1S/C26H32N4O4/c1-18-15-20(7-10-24(18)31)23-16-22(28-26(33)29-23)19-5-8-21(9-6-19)34-17-25(32)27-11-4-14-30-12-2-3-13-30/h5-8,10,15-16,21,31H,2-4,9,11-14,17H2,1H3,(H,27,32)(H,28,29,33). The van der Waals surface area contributed by atoms with Gasteiger partial charge in [0.15, 0.2) is 0 Å². The normalized spacial score (nSPS) is 18.1. The van der Waals surface area contributed by atoms with Crippen LogP contribution in [-0.2, 0) is 9.53 Å². The number of aromatic hydroxyl groups is 1. The van der Waals surface area contributed by atoms with Crippen molar-refractivity contribution in [1.82, 2.24) is 20.2 Å². The summed E-state index contributed by atoms with van der Waals surface area (Å²) >= 11 is 0. The average molecular weight is 465 g/mol. The Morgan fingerprint density at radius 2 is 2.12 bits per heavy atom. The predicted octanol–water partition coefficient (Wildman–Crippen LogP) is 2.78. The Bertz CT molecular complexity index is 1130. The minimum atomic E-state index is -0.438. The Morgan fingerprint density at radius 1 is 1.29 bits per heavy atom. The molecule has 0 saturated carbocycles. The highest BCUT2D eigenvalue weighted by molar-refractivity contribution is 5.77. The van der Waals surface area contributed by atoms with Crippen molar-refractivity contribution in [2.75, 3.05) is 32.8 Å². The summed E-state index contributed by atoms with van der Waals surface area (Å²) in [4.78, 5) is 33.5. The number of amides is 1. The van der Waals surface area contributed by atoms with Crippen molar-refractivity contribution in [3.63, 3.8) is 0 Å². The second-order valence-corrected chi connectivity index (χ2v) is 8.84. The zero-order valence-electron chi connectivity index (χ0n) is 19.5. The smallest absolute Gasteiger partial charge is 0.345 e. The number of allylic oxidation sites excluding steroid dienone is 2. The number of phenols is 1. The van der Waals surface area contributed by atoms with Gasteiger partial charge in [-0.3, -0.25) is 4.79 Å². The molecule has 1 aliphatic heterocycles. The lowest BCUT2D eigenvalue weighted by Gasteiger charge is -2.18. The third-order valence-corrected chi connectivity index (χ3v) is 6.21. The number of ether oxygens (including phenoxy) is 1. The Morgan fingerprint density at radius 3 is 2.85 bits per heavy atom. The molecule has 1 fully saturated rings. The molecule has 3 N–H and O–H groups in total. The maximum Gasteiger partial charge on any atom is 0.345 e. The fourth-order valence-electron chi connectivity index (χ4n) is 4.27. The van der Waals surface area contributed by atoms with Crippen molar-refractivity contribution in [3.8, 4) is 17.0 Å². The second kappa shape index (κ2) is 11.3. The van der Waals surface area contributed by atoms with Gasteiger partial charge in [0.2, 0.25) is 5.91 Å². The number of aromatic nitrogens is 2. The number of hydrogen-bond acceptors (Lipinski definition) is 6. The summed E-state index contributed by atoms with van der Waals surface area (Å²) < 4.78 is 5.74. The summed E-state index contributed by atoms with van der Waals surface area (Å²) in [6.45, 7) is 5.87. The number of hydrogen-bond donors (Lipinski definition) is 3. The Balaban J connectivity index is 1.27. The molecule has 2 heterocycles. The van der Waals surface area contributed by atoms with Crippen molar-refractivity contribution >= 4 is 11.5 Å². The molecule has 34 heavy (non-hydrogen) atoms. The second-order valence-electron chi connectivity index (χ2n) is 8.84. The molecule has 0 spiro atoms. The van der Waals surface area contributed by atoms with Gasteiger partial charge in [-0.2, -0.15) is 4.98 Å². The largest absolute Gasteiger partial charge is 0.508 e. The van der Waals surface area contributed by atoms with Crippen molar-refractivity contribution in [2.45, 2.75) is 38.7 Å². The fraction of sp³-hybridized carbons (Fsp3) is 0.423. The number of benzene rings is 1. The van der Waals surface area contributed by atoms with Gasteiger partial charge in [-0.1, -0.05) is 18.2 Å². The number of phenolic OH excluding ortho intramolecular Hbond substituents is 1. The average Bonchev–Trinajstić information content (AvgIpc) is 3.36. The molecule has 180 valence electrons. The van der Waals surface area contributed by atoms with Crippen LogP contribution in [0.2, 0.25) is 0 Å². The summed E-state index contributed by atoms with van der Waals surface area (Å²) in [6, 6.07) is 6.95. The highest BCUT2D eigenvalue weighted by Crippen LogP contribution is 2.26. The van der Waals surface area contributed by atoms with Gasteiger partial charge in [0.05, 0.1) is 17.5 Å². The van der Waals surface area contributed by atoms with Crippen LogP contribution in [0.15, 0.2) is 47.3 Å². The molecule has 1 aliphatic carbocycles. The van der Waals surface area contributed by atoms with E-state index in [-0.39, 0.29) is 24.4 Å². The Hall–Kier alpha value is -3.23. The van der Waals surface area contributed by atoms with Crippen LogP contribution >= 0.6 is 0 Å². The van der Waals surface area contributed by atoms with Crippen LogP contribution in [-0.4, -0.2) is 64.8 Å². The summed E-state index contributed by atoms with van der Waals surface area (Å²) in [5.74, 6) is 0.102. The first-order valence-electron chi connectivity index (χ1n) is 11.9. The molecule has 1 unspecified atom stereocenters. The van der Waals surface area contributed by atoms with Crippen molar-refractivity contribution in [2.24, 2.45) is 0 Å². The number of nitrogens with zero attached hydrogens (tertiary/aromatic N) is 2. The lowest BCUT2D eigenvalue weighted by atomic mass is 10.0. The molecule has 8 heteroatoms. The SMILES string of the molecule is Cc1cc(-c2cc(C3=CCC(OCC(=O)NCCCN4CCCC4)C=C3)[nH]c(=O)n2)ccc1O. The molecule has 1 amide bonds. The zero-order chi connectivity index (χ0) is 23.9. The number of carbonyl (C=O) groups is 1. The lowest BCUT2D eigenvalue weighted by molar-refractivity contribution is -0.126. The minimum Gasteiger partial charge on any atom is -0.508 e. The van der Waals surface area contributed by atoms with Crippen LogP contribution in [0.25, 0.3) is 16.8 Å². The number of H-pyrrole nitrogens is 1. The maximum absolute atomic E-state index is 12.2. The van der Waals surface area contributed by atoms with Crippen LogP contribution in [0.5, 0.6) is 5.75 Å². The summed E-state index contributed by atoms with van der Waals surface area (Å²) in [5.41, 5.74) is 3.10. The lowest BCUT2D eigenvalue weighted by Crippen LogP contribution is -2.32. The molecule has 1 atom stereocenters. The highest BCUT2D eigenvalue weighted by Gasteiger charge is 2.15. The van der Waals surface area contributed by atoms with E-state index in [0.717, 1.165) is 24.1 Å². The Kier molecular flexibility index (Phi) is 7.92. The first kappa shape index (κ1) is 23.9. The van der Waals surface area contributed by atoms with E-state index in [2.05, 4.69) is 20.2 Å². The van der Waals surface area contributed by atoms with E-state index >= 15 is 0 Å². The van der Waals surface area contributed by atoms with E-state index in [0.29, 0.717) is 29.9 Å². The van der Waals surface area contributed by atoms with Crippen LogP contribution in [0.1, 0.15) is 36.9 Å². The number of aromatic amines is 1. The minimum absolute atomic E-state index is 0.0261. The Labute approximate surface area is 199 Å². The summed E-state index contributed by atoms with van der Waals surface area (Å²) in [5, 5.41) is 12.7. The molecule has 1 aromatic heterocycles. The van der Waals surface area contributed by atoms with Gasteiger partial charge >= 0.3 is 5.69 Å². The molecular weight excluding hydrogens is 432 g/mol. The van der Waals surface area contributed by atoms with E-state index in [1.807, 2.05) is 24.3 Å². The quantitative estimate of drug-likeness (QED) is 0.493. The molecule has 0 radical (unpaired) electrons. The van der Waals surface area contributed by atoms with Crippen LogP contribution in [0, 0.1) is 6.92 Å². The number of likely N-dealkylation sites (tertiary alicyclic amines) is 1. The molecule has 8 nitrogen and oxygen atoms in total. The molecule has 2 aliphatic rings. The van der Waals surface area contributed by atoms with Crippen molar-refractivity contribution in [1.29, 1.82) is 0 Å². The van der Waals surface area contributed by atoms with Crippen LogP contribution < -0.4 is 11.0 Å². The first-order chi connectivity index (χ1) is 16.5. The predicted molar refractivity (Wildman–Crippen MR) is 131 cm³/mol. The van der Waals surface area contributed by atoms with Gasteiger partial charge in [-0.15, -0.1) is 0 Å². The van der Waals surface area contributed by atoms with Crippen LogP contribution in [0.4, 0.5) is 0 Å². The van der Waals surface area contributed by atoms with Gasteiger partial charge in [0, 0.05) is 12.1 Å². The van der Waals surface area contributed by atoms with Gasteiger partial charge < -0.3 is 25.0 Å². The summed E-state index contributed by atoms with van der Waals surface area (Å²) in [7, 11) is 0. The summed E-state index contributed by atoms with van der Waals surface area (Å²) in [6.07, 6.45) is 9.70. The van der Waals surface area contributed by atoms with Crippen molar-refractivity contribution < 1.29 is 14.6 Å². The topological polar surface area (TPSA) is 108 Å². The molecule has 0 bridgehead atoms. The third kappa shape index (κ3) is 6.42. The van der Waals surface area contributed by atoms with Crippen molar-refractivity contribution in [3.05, 3.63) is 64.2 Å². The molecular formula is C26H32N4O4. The molecule has 1 aromatic carbocycles. The van der Waals surface area contributed by atoms with Gasteiger partial charge in [-0.25, -0.2) is 4.79 Å². The third-order valence-electron chi connectivity index (χ3n) is 6.21. The van der Waals surface area contributed by atoms with Gasteiger partial charge in [0.1, 0.15) is 12.4 Å². The van der Waals surface area contributed by atoms with Crippen LogP contribution in [0.3, 0.4) is 0 Å². The van der Waals surface area contributed by atoms with E-state index in [1.54, 1.807) is 25.1 Å². The maximum atomic E-state index is 12.2. The highest BCUT2D eigenvalue weighted by atomic mass is 16.5. The fourth-order valence-corrected chi connectivity index (χ4v) is 4.27. The van der Waals surface area contributed by atoms with E-state index in [4.69, 9.17) is 4.74 Å². The molecule has 1 saturated heterocycles. The number of aryl methyl sites for hydroxylation is 1. The monoisotopic (exact) mass is 464 g/mol. The molecule has 2 aromatic rings. The number of nitrogens with one attached hydrogen (secondary N) is 2.